The molecule has 1 fully saturated rings. The van der Waals surface area contributed by atoms with E-state index < -0.39 is 36.4 Å². The van der Waals surface area contributed by atoms with Gasteiger partial charge in [-0.15, -0.1) is 0 Å². The van der Waals surface area contributed by atoms with Crippen molar-refractivity contribution < 1.29 is 31.5 Å². The van der Waals surface area contributed by atoms with Crippen LogP contribution in [0.3, 0.4) is 0 Å². The van der Waals surface area contributed by atoms with E-state index in [1.54, 1.807) is 6.92 Å². The molecule has 0 bridgehead atoms. The molecule has 2 unspecified atom stereocenters. The Kier molecular flexibility index (Phi) is 5.48. The number of nitrogens with one attached hydrogen (secondary N) is 1. The zero-order valence-corrected chi connectivity index (χ0v) is 14.6. The average Bonchev–Trinajstić information content (AvgIpc) is 3.40. The van der Waals surface area contributed by atoms with Gasteiger partial charge in [-0.1, -0.05) is 0 Å². The van der Waals surface area contributed by atoms with E-state index >= 15 is 0 Å². The third-order valence-electron chi connectivity index (χ3n) is 4.27. The molecule has 10 heteroatoms. The van der Waals surface area contributed by atoms with Crippen LogP contribution in [0.25, 0.3) is 0 Å². The van der Waals surface area contributed by atoms with Gasteiger partial charge < -0.3 is 10.1 Å². The Morgan fingerprint density at radius 3 is 2.46 bits per heavy atom. The zero-order chi connectivity index (χ0) is 20.5. The van der Waals surface area contributed by atoms with Gasteiger partial charge in [-0.2, -0.15) is 13.2 Å². The molecule has 0 radical (unpaired) electrons. The minimum Gasteiger partial charge on any atom is -0.467 e. The molecule has 3 rings (SSSR count). The van der Waals surface area contributed by atoms with Gasteiger partial charge in [0.25, 0.3) is 0 Å². The second-order valence-corrected chi connectivity index (χ2v) is 6.57. The first kappa shape index (κ1) is 20.0. The number of ether oxygens (including phenoxy) is 1. The van der Waals surface area contributed by atoms with Gasteiger partial charge in [0.05, 0.1) is 24.1 Å². The van der Waals surface area contributed by atoms with Crippen LogP contribution < -0.4 is 10.1 Å². The molecule has 0 saturated heterocycles. The Morgan fingerprint density at radius 2 is 1.89 bits per heavy atom. The number of benzene rings is 1. The van der Waals surface area contributed by atoms with Gasteiger partial charge in [-0.25, -0.2) is 13.8 Å². The first-order valence-electron chi connectivity index (χ1n) is 8.40. The monoisotopic (exact) mass is 401 g/mol. The van der Waals surface area contributed by atoms with Gasteiger partial charge in [-0.3, -0.25) is 9.78 Å². The molecule has 1 amide bonds. The summed E-state index contributed by atoms with van der Waals surface area (Å²) < 4.78 is 67.4. The van der Waals surface area contributed by atoms with Crippen LogP contribution in [-0.2, 0) is 4.79 Å². The average molecular weight is 401 g/mol. The van der Waals surface area contributed by atoms with E-state index in [9.17, 15) is 26.7 Å². The second kappa shape index (κ2) is 7.69. The topological polar surface area (TPSA) is 64.1 Å². The lowest BCUT2D eigenvalue weighted by atomic mass is 10.1. The molecule has 1 aromatic heterocycles. The van der Waals surface area contributed by atoms with Gasteiger partial charge in [-0.05, 0) is 37.0 Å². The summed E-state index contributed by atoms with van der Waals surface area (Å²) in [6.45, 7) is 0.161. The van der Waals surface area contributed by atoms with Crippen molar-refractivity contribution in [1.82, 2.24) is 15.3 Å². The fourth-order valence-electron chi connectivity index (χ4n) is 2.82. The smallest absolute Gasteiger partial charge is 0.422 e. The molecule has 3 atom stereocenters. The van der Waals surface area contributed by atoms with Crippen molar-refractivity contribution in [3.8, 4) is 5.88 Å². The highest BCUT2D eigenvalue weighted by molar-refractivity contribution is 5.83. The number of alkyl halides is 3. The fraction of sp³-hybridized carbons (Fsp3) is 0.389. The Balaban J connectivity index is 1.55. The molecule has 1 saturated carbocycles. The number of nitrogens with zero attached hydrogens (tertiary/aromatic N) is 2. The first-order chi connectivity index (χ1) is 13.1. The molecule has 0 spiro atoms. The van der Waals surface area contributed by atoms with Crippen molar-refractivity contribution in [3.05, 3.63) is 53.5 Å². The van der Waals surface area contributed by atoms with Crippen molar-refractivity contribution in [2.45, 2.75) is 31.5 Å². The lowest BCUT2D eigenvalue weighted by Gasteiger charge is -2.14. The van der Waals surface area contributed by atoms with Crippen molar-refractivity contribution in [1.29, 1.82) is 0 Å². The van der Waals surface area contributed by atoms with Crippen LogP contribution in [0.15, 0.2) is 30.6 Å². The Labute approximate surface area is 156 Å². The van der Waals surface area contributed by atoms with Crippen LogP contribution in [-0.4, -0.2) is 28.7 Å². The third kappa shape index (κ3) is 5.14. The van der Waals surface area contributed by atoms with Crippen LogP contribution >= 0.6 is 0 Å². The van der Waals surface area contributed by atoms with Gasteiger partial charge in [0.1, 0.15) is 11.6 Å². The fourth-order valence-corrected chi connectivity index (χ4v) is 2.82. The van der Waals surface area contributed by atoms with Crippen LogP contribution in [0.4, 0.5) is 22.0 Å². The Morgan fingerprint density at radius 1 is 1.21 bits per heavy atom. The van der Waals surface area contributed by atoms with Crippen LogP contribution in [0, 0.1) is 17.6 Å². The lowest BCUT2D eigenvalue weighted by molar-refractivity contribution is -0.154. The lowest BCUT2D eigenvalue weighted by Crippen LogP contribution is -2.29. The maximum Gasteiger partial charge on any atom is 0.422 e. The summed E-state index contributed by atoms with van der Waals surface area (Å²) in [6, 6.07) is 2.62. The number of halogens is 5. The highest BCUT2D eigenvalue weighted by Crippen LogP contribution is 2.48. The van der Waals surface area contributed by atoms with E-state index in [4.69, 9.17) is 0 Å². The summed E-state index contributed by atoms with van der Waals surface area (Å²) in [4.78, 5) is 20.0. The summed E-state index contributed by atoms with van der Waals surface area (Å²) in [6.07, 6.45) is -1.76. The number of amides is 1. The van der Waals surface area contributed by atoms with E-state index in [0.717, 1.165) is 12.3 Å². The minimum absolute atomic E-state index is 0.262. The number of hydrogen-bond donors (Lipinski definition) is 1. The molecule has 1 aromatic carbocycles. The largest absolute Gasteiger partial charge is 0.467 e. The van der Waals surface area contributed by atoms with Gasteiger partial charge in [0.2, 0.25) is 11.8 Å². The molecular weight excluding hydrogens is 385 g/mol. The predicted octanol–water partition coefficient (Wildman–Crippen LogP) is 3.68. The molecule has 2 aromatic rings. The van der Waals surface area contributed by atoms with Crippen molar-refractivity contribution in [3.63, 3.8) is 0 Å². The van der Waals surface area contributed by atoms with E-state index in [-0.39, 0.29) is 17.7 Å². The van der Waals surface area contributed by atoms with E-state index in [1.165, 1.54) is 18.3 Å². The molecule has 28 heavy (non-hydrogen) atoms. The van der Waals surface area contributed by atoms with Crippen molar-refractivity contribution in [2.75, 3.05) is 6.61 Å². The van der Waals surface area contributed by atoms with Crippen LogP contribution in [0.1, 0.15) is 36.6 Å². The normalized spacial score (nSPS) is 19.8. The Bertz CT molecular complexity index is 837. The number of aromatic nitrogens is 2. The van der Waals surface area contributed by atoms with E-state index in [1.807, 2.05) is 0 Å². The van der Waals surface area contributed by atoms with Gasteiger partial charge in [0, 0.05) is 12.0 Å². The molecule has 150 valence electrons. The molecule has 1 N–H and O–H groups in total. The summed E-state index contributed by atoms with van der Waals surface area (Å²) in [7, 11) is 0. The SMILES string of the molecule is C[C@@H](NC(=O)C1CC1c1cc(F)cc(F)c1)c1cnc(OCC(F)(F)F)cn1. The molecule has 1 aliphatic carbocycles. The summed E-state index contributed by atoms with van der Waals surface area (Å²) in [5.41, 5.74) is 0.762. The maximum absolute atomic E-state index is 13.3. The number of carbonyl (C=O) groups is 1. The molecule has 5 nitrogen and oxygen atoms in total. The van der Waals surface area contributed by atoms with E-state index in [0.29, 0.717) is 17.7 Å². The first-order valence-corrected chi connectivity index (χ1v) is 8.40. The summed E-state index contributed by atoms with van der Waals surface area (Å²) in [5, 5.41) is 2.71. The maximum atomic E-state index is 13.3. The standard InChI is InChI=1S/C18H16F5N3O2/c1-9(15-6-25-16(7-24-15)28-8-18(21,22)23)26-17(27)14-5-13(14)10-2-11(19)4-12(20)3-10/h2-4,6-7,9,13-14H,5,8H2,1H3,(H,26,27)/t9-,13?,14?/m1/s1. The highest BCUT2D eigenvalue weighted by Gasteiger charge is 2.44. The zero-order valence-electron chi connectivity index (χ0n) is 14.6. The second-order valence-electron chi connectivity index (χ2n) is 6.57. The number of carbonyl (C=O) groups excluding carboxylic acids is 1. The van der Waals surface area contributed by atoms with Crippen LogP contribution in [0.5, 0.6) is 5.88 Å². The minimum atomic E-state index is -4.48. The summed E-state index contributed by atoms with van der Waals surface area (Å²) >= 11 is 0. The third-order valence-corrected chi connectivity index (χ3v) is 4.27. The number of rotatable bonds is 6. The number of hydrogen-bond acceptors (Lipinski definition) is 4. The van der Waals surface area contributed by atoms with E-state index in [2.05, 4.69) is 20.0 Å². The summed E-state index contributed by atoms with van der Waals surface area (Å²) in [5.74, 6) is -2.65. The molecular formula is C18H16F5N3O2. The molecule has 1 heterocycles. The predicted molar refractivity (Wildman–Crippen MR) is 87.3 cm³/mol. The highest BCUT2D eigenvalue weighted by atomic mass is 19.4. The van der Waals surface area contributed by atoms with Crippen LogP contribution in [0.2, 0.25) is 0 Å². The Hall–Kier alpha value is -2.78. The molecule has 0 aliphatic heterocycles. The van der Waals surface area contributed by atoms with Gasteiger partial charge >= 0.3 is 6.18 Å². The molecule has 1 aliphatic rings. The van der Waals surface area contributed by atoms with Gasteiger partial charge in [0.15, 0.2) is 6.61 Å². The van der Waals surface area contributed by atoms with Crippen molar-refractivity contribution in [2.24, 2.45) is 5.92 Å². The quantitative estimate of drug-likeness (QED) is 0.751. The van der Waals surface area contributed by atoms with Crippen molar-refractivity contribution >= 4 is 5.91 Å².